The fourth-order valence-electron chi connectivity index (χ4n) is 2.95. The molecule has 2 N–H and O–H groups in total. The average Bonchev–Trinajstić information content (AvgIpc) is 3.27. The van der Waals surface area contributed by atoms with Crippen molar-refractivity contribution in [3.05, 3.63) is 63.2 Å². The van der Waals surface area contributed by atoms with Crippen molar-refractivity contribution in [3.8, 4) is 0 Å². The Morgan fingerprint density at radius 1 is 1.28 bits per heavy atom. The molecule has 1 aromatic carbocycles. The van der Waals surface area contributed by atoms with Gasteiger partial charge in [-0.2, -0.15) is 0 Å². The summed E-state index contributed by atoms with van der Waals surface area (Å²) in [6.45, 7) is 0. The molecule has 0 saturated heterocycles. The van der Waals surface area contributed by atoms with E-state index < -0.39 is 0 Å². The van der Waals surface area contributed by atoms with E-state index in [-0.39, 0.29) is 11.9 Å². The standard InChI is InChI=1S/C17H14BrN5OS/c18-13-3-1-2-12-11(13)5-6-14(12)21-15-7-4-10(8-19-15)16(24)22-17-23-20-9-25-17/h1-4,7-9,14H,5-6H2,(H,19,21)(H,22,23,24). The summed E-state index contributed by atoms with van der Waals surface area (Å²) in [5, 5.41) is 14.1. The maximum atomic E-state index is 12.1. The summed E-state index contributed by atoms with van der Waals surface area (Å²) in [6, 6.07) is 10.1. The normalized spacial score (nSPS) is 15.6. The number of amides is 1. The van der Waals surface area contributed by atoms with Gasteiger partial charge in [0.2, 0.25) is 5.13 Å². The number of rotatable bonds is 4. The van der Waals surface area contributed by atoms with Crippen LogP contribution in [-0.2, 0) is 6.42 Å². The maximum Gasteiger partial charge on any atom is 0.259 e. The summed E-state index contributed by atoms with van der Waals surface area (Å²) < 4.78 is 1.16. The molecule has 2 heterocycles. The molecule has 0 aliphatic heterocycles. The molecule has 4 rings (SSSR count). The number of benzene rings is 1. The monoisotopic (exact) mass is 415 g/mol. The van der Waals surface area contributed by atoms with Crippen molar-refractivity contribution < 1.29 is 4.79 Å². The molecular weight excluding hydrogens is 402 g/mol. The fourth-order valence-corrected chi connectivity index (χ4v) is 3.97. The number of halogens is 1. The number of pyridine rings is 1. The number of hydrogen-bond acceptors (Lipinski definition) is 6. The second-order valence-corrected chi connectivity index (χ2v) is 7.36. The van der Waals surface area contributed by atoms with E-state index in [1.165, 1.54) is 22.5 Å². The van der Waals surface area contributed by atoms with E-state index in [1.807, 2.05) is 6.07 Å². The van der Waals surface area contributed by atoms with Gasteiger partial charge in [-0.1, -0.05) is 39.4 Å². The lowest BCUT2D eigenvalue weighted by Gasteiger charge is -2.15. The molecule has 0 saturated carbocycles. The lowest BCUT2D eigenvalue weighted by atomic mass is 10.1. The van der Waals surface area contributed by atoms with Crippen molar-refractivity contribution in [2.24, 2.45) is 0 Å². The average molecular weight is 416 g/mol. The number of nitrogens with zero attached hydrogens (tertiary/aromatic N) is 3. The highest BCUT2D eigenvalue weighted by Gasteiger charge is 2.24. The predicted octanol–water partition coefficient (Wildman–Crippen LogP) is 4.05. The maximum absolute atomic E-state index is 12.1. The quantitative estimate of drug-likeness (QED) is 0.671. The molecule has 126 valence electrons. The van der Waals surface area contributed by atoms with E-state index >= 15 is 0 Å². The molecule has 1 unspecified atom stereocenters. The van der Waals surface area contributed by atoms with Crippen molar-refractivity contribution in [3.63, 3.8) is 0 Å². The Labute approximate surface area is 156 Å². The highest BCUT2D eigenvalue weighted by Crippen LogP contribution is 2.37. The second-order valence-electron chi connectivity index (χ2n) is 5.67. The van der Waals surface area contributed by atoms with Crippen LogP contribution < -0.4 is 10.6 Å². The molecule has 2 aromatic heterocycles. The van der Waals surface area contributed by atoms with Crippen LogP contribution >= 0.6 is 27.3 Å². The van der Waals surface area contributed by atoms with Crippen LogP contribution in [0.15, 0.2) is 46.5 Å². The number of aromatic nitrogens is 3. The van der Waals surface area contributed by atoms with Crippen molar-refractivity contribution >= 4 is 44.1 Å². The summed E-state index contributed by atoms with van der Waals surface area (Å²) in [5.41, 5.74) is 4.70. The minimum atomic E-state index is -0.244. The molecule has 3 aromatic rings. The smallest absolute Gasteiger partial charge is 0.259 e. The first-order valence-corrected chi connectivity index (χ1v) is 9.45. The van der Waals surface area contributed by atoms with E-state index in [0.717, 1.165) is 23.1 Å². The number of hydrogen-bond donors (Lipinski definition) is 2. The Morgan fingerprint density at radius 2 is 2.20 bits per heavy atom. The Kier molecular flexibility index (Phi) is 4.46. The van der Waals surface area contributed by atoms with Gasteiger partial charge >= 0.3 is 0 Å². The minimum absolute atomic E-state index is 0.237. The lowest BCUT2D eigenvalue weighted by molar-refractivity contribution is 0.102. The fraction of sp³-hybridized carbons (Fsp3) is 0.176. The van der Waals surface area contributed by atoms with Crippen LogP contribution in [0.3, 0.4) is 0 Å². The van der Waals surface area contributed by atoms with Gasteiger partial charge in [0, 0.05) is 10.7 Å². The van der Waals surface area contributed by atoms with Gasteiger partial charge in [-0.25, -0.2) is 4.98 Å². The van der Waals surface area contributed by atoms with Gasteiger partial charge in [0.25, 0.3) is 5.91 Å². The summed E-state index contributed by atoms with van der Waals surface area (Å²) >= 11 is 4.89. The zero-order valence-electron chi connectivity index (χ0n) is 13.1. The molecule has 1 aliphatic rings. The van der Waals surface area contributed by atoms with E-state index in [1.54, 1.807) is 17.8 Å². The first kappa shape index (κ1) is 16.2. The van der Waals surface area contributed by atoms with Gasteiger partial charge in [0.15, 0.2) is 0 Å². The second kappa shape index (κ2) is 6.89. The number of anilines is 2. The SMILES string of the molecule is O=C(Nc1nncs1)c1ccc(NC2CCc3c(Br)cccc32)nc1. The number of carbonyl (C=O) groups excluding carboxylic acids is 1. The topological polar surface area (TPSA) is 79.8 Å². The third kappa shape index (κ3) is 3.40. The van der Waals surface area contributed by atoms with Crippen molar-refractivity contribution in [2.45, 2.75) is 18.9 Å². The van der Waals surface area contributed by atoms with Crippen LogP contribution in [0.25, 0.3) is 0 Å². The largest absolute Gasteiger partial charge is 0.363 e. The van der Waals surface area contributed by atoms with Gasteiger partial charge in [-0.05, 0) is 42.2 Å². The first-order chi connectivity index (χ1) is 12.2. The summed E-state index contributed by atoms with van der Waals surface area (Å²) in [6.07, 6.45) is 3.63. The molecule has 1 amide bonds. The van der Waals surface area contributed by atoms with Crippen LogP contribution in [0, 0.1) is 0 Å². The molecular formula is C17H14BrN5OS. The van der Waals surface area contributed by atoms with E-state index in [4.69, 9.17) is 0 Å². The van der Waals surface area contributed by atoms with Gasteiger partial charge < -0.3 is 5.32 Å². The van der Waals surface area contributed by atoms with Crippen LogP contribution in [0.4, 0.5) is 10.9 Å². The Bertz CT molecular complexity index is 898. The molecule has 25 heavy (non-hydrogen) atoms. The van der Waals surface area contributed by atoms with Crippen molar-refractivity contribution in [1.29, 1.82) is 0 Å². The molecule has 0 fully saturated rings. The molecule has 8 heteroatoms. The molecule has 0 radical (unpaired) electrons. The molecule has 0 bridgehead atoms. The zero-order chi connectivity index (χ0) is 17.2. The van der Waals surface area contributed by atoms with Gasteiger partial charge in [0.05, 0.1) is 11.6 Å². The Morgan fingerprint density at radius 3 is 2.96 bits per heavy atom. The zero-order valence-corrected chi connectivity index (χ0v) is 15.5. The van der Waals surface area contributed by atoms with E-state index in [0.29, 0.717) is 10.7 Å². The third-order valence-corrected chi connectivity index (χ3v) is 5.49. The minimum Gasteiger partial charge on any atom is -0.363 e. The first-order valence-electron chi connectivity index (χ1n) is 7.78. The summed E-state index contributed by atoms with van der Waals surface area (Å²) in [5.74, 6) is 0.510. The predicted molar refractivity (Wildman–Crippen MR) is 101 cm³/mol. The van der Waals surface area contributed by atoms with Crippen LogP contribution in [0.2, 0.25) is 0 Å². The van der Waals surface area contributed by atoms with E-state index in [9.17, 15) is 4.79 Å². The van der Waals surface area contributed by atoms with Crippen molar-refractivity contribution in [2.75, 3.05) is 10.6 Å². The van der Waals surface area contributed by atoms with Gasteiger partial charge in [-0.3, -0.25) is 10.1 Å². The van der Waals surface area contributed by atoms with Crippen LogP contribution in [-0.4, -0.2) is 21.1 Å². The van der Waals surface area contributed by atoms with Gasteiger partial charge in [0.1, 0.15) is 11.3 Å². The van der Waals surface area contributed by atoms with Crippen LogP contribution in [0.1, 0.15) is 33.9 Å². The molecule has 0 spiro atoms. The lowest BCUT2D eigenvalue weighted by Crippen LogP contribution is -2.13. The van der Waals surface area contributed by atoms with E-state index in [2.05, 4.69) is 59.9 Å². The number of carbonyl (C=O) groups is 1. The summed E-state index contributed by atoms with van der Waals surface area (Å²) in [7, 11) is 0. The number of nitrogens with one attached hydrogen (secondary N) is 2. The molecule has 1 atom stereocenters. The summed E-state index contributed by atoms with van der Waals surface area (Å²) in [4.78, 5) is 16.5. The Hall–Kier alpha value is -2.32. The van der Waals surface area contributed by atoms with Crippen molar-refractivity contribution in [1.82, 2.24) is 15.2 Å². The molecule has 6 nitrogen and oxygen atoms in total. The highest BCUT2D eigenvalue weighted by molar-refractivity contribution is 9.10. The number of fused-ring (bicyclic) bond motifs is 1. The Balaban J connectivity index is 1.45. The highest BCUT2D eigenvalue weighted by atomic mass is 79.9. The molecule has 1 aliphatic carbocycles. The van der Waals surface area contributed by atoms with Gasteiger partial charge in [-0.15, -0.1) is 10.2 Å². The van der Waals surface area contributed by atoms with Crippen LogP contribution in [0.5, 0.6) is 0 Å². The third-order valence-electron chi connectivity index (χ3n) is 4.14.